The van der Waals surface area contributed by atoms with Gasteiger partial charge in [0.25, 0.3) is 5.91 Å². The number of rotatable bonds is 4. The second kappa shape index (κ2) is 6.53. The van der Waals surface area contributed by atoms with Crippen LogP contribution < -0.4 is 10.1 Å². The van der Waals surface area contributed by atoms with Crippen LogP contribution in [0.25, 0.3) is 0 Å². The Balaban J connectivity index is 1.38. The summed E-state index contributed by atoms with van der Waals surface area (Å²) in [4.78, 5) is 19.0. The molecule has 0 aliphatic carbocycles. The number of carbonyl (C=O) groups excluding carboxylic acids is 1. The zero-order valence-electron chi connectivity index (χ0n) is 13.6. The molecule has 5 nitrogen and oxygen atoms in total. The average Bonchev–Trinajstić information content (AvgIpc) is 3.09. The summed E-state index contributed by atoms with van der Waals surface area (Å²) < 4.78 is 5.67. The highest BCUT2D eigenvalue weighted by molar-refractivity contribution is 7.11. The fraction of sp³-hybridized carbons (Fsp3) is 0.444. The number of thiazole rings is 1. The van der Waals surface area contributed by atoms with Crippen molar-refractivity contribution in [3.8, 4) is 10.8 Å². The molecule has 2 aromatic rings. The van der Waals surface area contributed by atoms with Crippen molar-refractivity contribution in [1.29, 1.82) is 0 Å². The molecule has 1 aromatic carbocycles. The maximum absolute atomic E-state index is 12.5. The number of fused-ring (bicyclic) bond motifs is 3. The van der Waals surface area contributed by atoms with Gasteiger partial charge in [0, 0.05) is 24.2 Å². The largest absolute Gasteiger partial charge is 0.445 e. The average molecular weight is 343 g/mol. The summed E-state index contributed by atoms with van der Waals surface area (Å²) in [6.45, 7) is 4.43. The lowest BCUT2D eigenvalue weighted by molar-refractivity contribution is 0.0274. The van der Waals surface area contributed by atoms with E-state index in [-0.39, 0.29) is 11.9 Å². The minimum atomic E-state index is 0.00532. The van der Waals surface area contributed by atoms with Crippen LogP contribution in [-0.2, 0) is 0 Å². The van der Waals surface area contributed by atoms with E-state index in [1.165, 1.54) is 30.7 Å². The molecule has 0 radical (unpaired) electrons. The van der Waals surface area contributed by atoms with Gasteiger partial charge in [-0.3, -0.25) is 9.69 Å². The first kappa shape index (κ1) is 15.6. The molecule has 4 atom stereocenters. The number of hydrogen-bond acceptors (Lipinski definition) is 5. The van der Waals surface area contributed by atoms with Gasteiger partial charge in [0.05, 0.1) is 11.7 Å². The Morgan fingerprint density at radius 1 is 1.38 bits per heavy atom. The van der Waals surface area contributed by atoms with Gasteiger partial charge in [0.2, 0.25) is 5.06 Å². The normalized spacial score (nSPS) is 28.5. The molecule has 3 saturated heterocycles. The third-order valence-corrected chi connectivity index (χ3v) is 5.76. The summed E-state index contributed by atoms with van der Waals surface area (Å²) in [5.74, 6) is 1.33. The van der Waals surface area contributed by atoms with Gasteiger partial charge in [-0.25, -0.2) is 4.98 Å². The molecule has 4 unspecified atom stereocenters. The van der Waals surface area contributed by atoms with Crippen LogP contribution in [0.2, 0.25) is 0 Å². The standard InChI is InChI=1S/C18H21N3O2S/c1-12-8-14-6-7-21(12)10-16(14)20-18(22)13-2-4-15(5-3-13)23-17-9-19-11-24-17/h2-5,9,11-12,14,16H,6-8,10H2,1H3,(H,20,22). The maximum atomic E-state index is 12.5. The van der Waals surface area contributed by atoms with Crippen molar-refractivity contribution in [1.82, 2.24) is 15.2 Å². The molecule has 24 heavy (non-hydrogen) atoms. The van der Waals surface area contributed by atoms with Crippen molar-refractivity contribution >= 4 is 17.2 Å². The molecular formula is C18H21N3O2S. The monoisotopic (exact) mass is 343 g/mol. The van der Waals surface area contributed by atoms with Crippen LogP contribution in [0.4, 0.5) is 0 Å². The van der Waals surface area contributed by atoms with Crippen LogP contribution >= 0.6 is 11.3 Å². The molecule has 0 saturated carbocycles. The van der Waals surface area contributed by atoms with E-state index in [1.54, 1.807) is 11.7 Å². The number of carbonyl (C=O) groups is 1. The SMILES string of the molecule is CC1CC2CCN1CC2NC(=O)c1ccc(Oc2cncs2)cc1. The second-order valence-corrected chi connectivity index (χ2v) is 7.50. The topological polar surface area (TPSA) is 54.5 Å². The van der Waals surface area contributed by atoms with Crippen molar-refractivity contribution in [2.24, 2.45) is 5.92 Å². The maximum Gasteiger partial charge on any atom is 0.251 e. The Morgan fingerprint density at radius 3 is 2.83 bits per heavy atom. The van der Waals surface area contributed by atoms with Gasteiger partial charge in [0.1, 0.15) is 5.75 Å². The van der Waals surface area contributed by atoms with E-state index in [4.69, 9.17) is 4.74 Å². The Kier molecular flexibility index (Phi) is 4.24. The molecule has 2 bridgehead atoms. The van der Waals surface area contributed by atoms with E-state index in [2.05, 4.69) is 22.1 Å². The summed E-state index contributed by atoms with van der Waals surface area (Å²) in [6, 6.07) is 8.21. The Labute approximate surface area is 145 Å². The zero-order valence-corrected chi connectivity index (χ0v) is 14.5. The molecule has 3 fully saturated rings. The summed E-state index contributed by atoms with van der Waals surface area (Å²) in [5.41, 5.74) is 2.41. The molecule has 126 valence electrons. The first-order valence-electron chi connectivity index (χ1n) is 8.40. The van der Waals surface area contributed by atoms with Crippen LogP contribution in [-0.4, -0.2) is 41.0 Å². The van der Waals surface area contributed by atoms with Gasteiger partial charge in [-0.1, -0.05) is 11.3 Å². The summed E-state index contributed by atoms with van der Waals surface area (Å²) >= 11 is 1.44. The molecule has 3 aliphatic rings. The van der Waals surface area contributed by atoms with Gasteiger partial charge >= 0.3 is 0 Å². The molecule has 4 heterocycles. The first-order chi connectivity index (χ1) is 11.7. The number of benzene rings is 1. The minimum Gasteiger partial charge on any atom is -0.445 e. The lowest BCUT2D eigenvalue weighted by Crippen LogP contribution is -2.60. The van der Waals surface area contributed by atoms with Gasteiger partial charge in [0.15, 0.2) is 0 Å². The Hall–Kier alpha value is -1.92. The molecule has 6 heteroatoms. The van der Waals surface area contributed by atoms with E-state index in [0.29, 0.717) is 23.3 Å². The Morgan fingerprint density at radius 2 is 2.21 bits per heavy atom. The van der Waals surface area contributed by atoms with E-state index in [1.807, 2.05) is 24.3 Å². The van der Waals surface area contributed by atoms with Gasteiger partial charge in [-0.05, 0) is 56.5 Å². The summed E-state index contributed by atoms with van der Waals surface area (Å²) in [6.07, 6.45) is 4.06. The van der Waals surface area contributed by atoms with E-state index >= 15 is 0 Å². The molecule has 0 spiro atoms. The third-order valence-electron chi connectivity index (χ3n) is 5.12. The smallest absolute Gasteiger partial charge is 0.251 e. The van der Waals surface area contributed by atoms with Gasteiger partial charge < -0.3 is 10.1 Å². The molecular weight excluding hydrogens is 322 g/mol. The number of nitrogens with zero attached hydrogens (tertiary/aromatic N) is 2. The fourth-order valence-corrected chi connectivity index (χ4v) is 4.25. The molecule has 5 rings (SSSR count). The van der Waals surface area contributed by atoms with E-state index < -0.39 is 0 Å². The van der Waals surface area contributed by atoms with E-state index in [9.17, 15) is 4.79 Å². The molecule has 1 aromatic heterocycles. The van der Waals surface area contributed by atoms with Crippen LogP contribution in [0.15, 0.2) is 36.0 Å². The van der Waals surface area contributed by atoms with Crippen molar-refractivity contribution in [3.63, 3.8) is 0 Å². The van der Waals surface area contributed by atoms with Crippen molar-refractivity contribution in [2.75, 3.05) is 13.1 Å². The second-order valence-electron chi connectivity index (χ2n) is 6.66. The van der Waals surface area contributed by atoms with Crippen LogP contribution in [0, 0.1) is 5.92 Å². The minimum absolute atomic E-state index is 0.00532. The predicted molar refractivity (Wildman–Crippen MR) is 93.6 cm³/mol. The highest BCUT2D eigenvalue weighted by Crippen LogP contribution is 2.32. The molecule has 1 N–H and O–H groups in total. The van der Waals surface area contributed by atoms with Crippen LogP contribution in [0.5, 0.6) is 10.8 Å². The third kappa shape index (κ3) is 3.16. The summed E-state index contributed by atoms with van der Waals surface area (Å²) in [7, 11) is 0. The van der Waals surface area contributed by atoms with Gasteiger partial charge in [-0.2, -0.15) is 0 Å². The van der Waals surface area contributed by atoms with Crippen molar-refractivity contribution < 1.29 is 9.53 Å². The highest BCUT2D eigenvalue weighted by Gasteiger charge is 2.38. The molecule has 1 amide bonds. The number of ether oxygens (including phenoxy) is 1. The first-order valence-corrected chi connectivity index (χ1v) is 9.28. The number of aromatic nitrogens is 1. The summed E-state index contributed by atoms with van der Waals surface area (Å²) in [5, 5.41) is 3.97. The number of hydrogen-bond donors (Lipinski definition) is 1. The van der Waals surface area contributed by atoms with Crippen LogP contribution in [0.3, 0.4) is 0 Å². The fourth-order valence-electron chi connectivity index (χ4n) is 3.76. The van der Waals surface area contributed by atoms with Crippen molar-refractivity contribution in [3.05, 3.63) is 41.5 Å². The zero-order chi connectivity index (χ0) is 16.5. The van der Waals surface area contributed by atoms with Crippen molar-refractivity contribution in [2.45, 2.75) is 31.8 Å². The Bertz CT molecular complexity index is 702. The predicted octanol–water partition coefficient (Wildman–Crippen LogP) is 3.15. The number of nitrogens with one attached hydrogen (secondary N) is 1. The number of amides is 1. The van der Waals surface area contributed by atoms with Gasteiger partial charge in [-0.15, -0.1) is 0 Å². The van der Waals surface area contributed by atoms with E-state index in [0.717, 1.165) is 11.6 Å². The number of piperidine rings is 3. The molecule has 3 aliphatic heterocycles. The quantitative estimate of drug-likeness (QED) is 0.926. The highest BCUT2D eigenvalue weighted by atomic mass is 32.1. The lowest BCUT2D eigenvalue weighted by Gasteiger charge is -2.48. The van der Waals surface area contributed by atoms with Crippen LogP contribution in [0.1, 0.15) is 30.1 Å². The lowest BCUT2D eigenvalue weighted by atomic mass is 9.80.